The highest BCUT2D eigenvalue weighted by Crippen LogP contribution is 2.44. The van der Waals surface area contributed by atoms with Gasteiger partial charge in [0.15, 0.2) is 0 Å². The average molecular weight is 433 g/mol. The fraction of sp³-hybridized carbons (Fsp3) is 0.240. The fourth-order valence-electron chi connectivity index (χ4n) is 4.09. The largest absolute Gasteiger partial charge is 0.496 e. The topological polar surface area (TPSA) is 106 Å². The predicted octanol–water partition coefficient (Wildman–Crippen LogP) is 3.93. The van der Waals surface area contributed by atoms with E-state index in [-0.39, 0.29) is 11.8 Å². The number of nitrogens with two attached hydrogens (primary N) is 2. The van der Waals surface area contributed by atoms with Crippen LogP contribution < -0.4 is 20.9 Å². The Morgan fingerprint density at radius 1 is 1.19 bits per heavy atom. The first-order valence-corrected chi connectivity index (χ1v) is 10.4. The quantitative estimate of drug-likeness (QED) is 0.639. The van der Waals surface area contributed by atoms with Gasteiger partial charge in [0, 0.05) is 35.6 Å². The summed E-state index contributed by atoms with van der Waals surface area (Å²) in [5.74, 6) is 2.30. The van der Waals surface area contributed by atoms with Gasteiger partial charge in [0.1, 0.15) is 28.8 Å². The summed E-state index contributed by atoms with van der Waals surface area (Å²) in [4.78, 5) is 6.08. The van der Waals surface area contributed by atoms with Crippen LogP contribution in [0.15, 0.2) is 83.9 Å². The molecule has 2 aromatic carbocycles. The van der Waals surface area contributed by atoms with E-state index in [1.54, 1.807) is 25.6 Å². The first-order valence-electron chi connectivity index (χ1n) is 10.4. The molecule has 4 rings (SSSR count). The second-order valence-corrected chi connectivity index (χ2v) is 8.32. The zero-order chi connectivity index (χ0) is 22.9. The molecule has 0 amide bonds. The molecule has 1 saturated carbocycles. The number of amidine groups is 1. The lowest BCUT2D eigenvalue weighted by Crippen LogP contribution is -2.45. The normalized spacial score (nSPS) is 23.8. The SMILES string of the molecule is C=C(C1CC(C)(O)C1)N1C=CN=C(N)/C1=C(/N)c1ccc(Oc2ccccc2)cc1OC. The average Bonchev–Trinajstić information content (AvgIpc) is 2.77. The van der Waals surface area contributed by atoms with Gasteiger partial charge in [-0.25, -0.2) is 4.99 Å². The van der Waals surface area contributed by atoms with Crippen molar-refractivity contribution in [3.05, 3.63) is 84.5 Å². The molecule has 1 aliphatic carbocycles. The summed E-state index contributed by atoms with van der Waals surface area (Å²) in [5, 5.41) is 10.1. The number of hydrogen-bond donors (Lipinski definition) is 3. The van der Waals surface area contributed by atoms with Crippen LogP contribution in [0.1, 0.15) is 25.3 Å². The van der Waals surface area contributed by atoms with Crippen molar-refractivity contribution in [2.75, 3.05) is 7.11 Å². The summed E-state index contributed by atoms with van der Waals surface area (Å²) >= 11 is 0. The molecule has 1 aliphatic heterocycles. The van der Waals surface area contributed by atoms with Crippen LogP contribution in [0.4, 0.5) is 0 Å². The minimum atomic E-state index is -0.667. The smallest absolute Gasteiger partial charge is 0.149 e. The van der Waals surface area contributed by atoms with Gasteiger partial charge < -0.3 is 30.9 Å². The Bertz CT molecular complexity index is 1110. The number of aliphatic imine (C=N–C) groups is 1. The monoisotopic (exact) mass is 432 g/mol. The van der Waals surface area contributed by atoms with Crippen LogP contribution in [-0.2, 0) is 0 Å². The number of hydrogen-bond acceptors (Lipinski definition) is 7. The Kier molecular flexibility index (Phi) is 5.67. The van der Waals surface area contributed by atoms with Crippen LogP contribution in [0.2, 0.25) is 0 Å². The zero-order valence-electron chi connectivity index (χ0n) is 18.3. The van der Waals surface area contributed by atoms with Crippen molar-refractivity contribution in [2.24, 2.45) is 22.4 Å². The van der Waals surface area contributed by atoms with Gasteiger partial charge in [0.05, 0.1) is 18.4 Å². The van der Waals surface area contributed by atoms with Crippen molar-refractivity contribution in [2.45, 2.75) is 25.4 Å². The molecule has 5 N–H and O–H groups in total. The maximum Gasteiger partial charge on any atom is 0.149 e. The Morgan fingerprint density at radius 2 is 1.91 bits per heavy atom. The Morgan fingerprint density at radius 3 is 2.56 bits per heavy atom. The van der Waals surface area contributed by atoms with Crippen molar-refractivity contribution in [3.8, 4) is 17.2 Å². The Hall–Kier alpha value is -3.71. The summed E-state index contributed by atoms with van der Waals surface area (Å²) in [6, 6.07) is 14.9. The molecule has 1 fully saturated rings. The van der Waals surface area contributed by atoms with Crippen LogP contribution in [0.3, 0.4) is 0 Å². The third kappa shape index (κ3) is 4.20. The summed E-state index contributed by atoms with van der Waals surface area (Å²) in [7, 11) is 1.58. The summed E-state index contributed by atoms with van der Waals surface area (Å²) in [6.45, 7) is 6.07. The van der Waals surface area contributed by atoms with Crippen molar-refractivity contribution in [3.63, 3.8) is 0 Å². The lowest BCUT2D eigenvalue weighted by Gasteiger charge is -2.45. The number of aliphatic hydroxyl groups is 1. The van der Waals surface area contributed by atoms with E-state index in [4.69, 9.17) is 20.9 Å². The van der Waals surface area contributed by atoms with E-state index in [9.17, 15) is 5.11 Å². The number of rotatable bonds is 6. The molecule has 7 heteroatoms. The van der Waals surface area contributed by atoms with Crippen LogP contribution in [0, 0.1) is 5.92 Å². The molecule has 0 spiro atoms. The number of allylic oxidation sites excluding steroid dienone is 1. The number of benzene rings is 2. The first-order chi connectivity index (χ1) is 15.3. The van der Waals surface area contributed by atoms with E-state index >= 15 is 0 Å². The molecular weight excluding hydrogens is 404 g/mol. The Labute approximate surface area is 188 Å². The van der Waals surface area contributed by atoms with E-state index in [1.165, 1.54) is 0 Å². The van der Waals surface area contributed by atoms with Crippen LogP contribution in [-0.4, -0.2) is 28.6 Å². The van der Waals surface area contributed by atoms with Gasteiger partial charge in [-0.3, -0.25) is 0 Å². The van der Waals surface area contributed by atoms with E-state index < -0.39 is 5.60 Å². The fourth-order valence-corrected chi connectivity index (χ4v) is 4.09. The zero-order valence-corrected chi connectivity index (χ0v) is 18.3. The van der Waals surface area contributed by atoms with E-state index in [2.05, 4.69) is 11.6 Å². The summed E-state index contributed by atoms with van der Waals surface area (Å²) < 4.78 is 11.5. The van der Waals surface area contributed by atoms with Crippen molar-refractivity contribution < 1.29 is 14.6 Å². The van der Waals surface area contributed by atoms with E-state index in [0.717, 1.165) is 11.4 Å². The third-order valence-corrected chi connectivity index (χ3v) is 5.76. The second-order valence-electron chi connectivity index (χ2n) is 8.32. The highest BCUT2D eigenvalue weighted by atomic mass is 16.5. The van der Waals surface area contributed by atoms with Gasteiger partial charge in [0.2, 0.25) is 0 Å². The lowest BCUT2D eigenvalue weighted by molar-refractivity contribution is -0.0494. The van der Waals surface area contributed by atoms with Crippen LogP contribution in [0.5, 0.6) is 17.2 Å². The van der Waals surface area contributed by atoms with Crippen molar-refractivity contribution in [1.82, 2.24) is 4.90 Å². The molecule has 166 valence electrons. The highest BCUT2D eigenvalue weighted by Gasteiger charge is 2.42. The summed E-state index contributed by atoms with van der Waals surface area (Å²) in [5.41, 5.74) is 14.6. The molecule has 32 heavy (non-hydrogen) atoms. The van der Waals surface area contributed by atoms with Gasteiger partial charge in [-0.05, 0) is 44.0 Å². The molecule has 2 aliphatic rings. The molecule has 7 nitrogen and oxygen atoms in total. The van der Waals surface area contributed by atoms with Gasteiger partial charge in [-0.1, -0.05) is 24.8 Å². The van der Waals surface area contributed by atoms with Crippen molar-refractivity contribution >= 4 is 11.5 Å². The van der Waals surface area contributed by atoms with Gasteiger partial charge in [-0.2, -0.15) is 0 Å². The molecule has 0 unspecified atom stereocenters. The van der Waals surface area contributed by atoms with Crippen molar-refractivity contribution in [1.29, 1.82) is 0 Å². The standard InChI is InChI=1S/C25H28N4O3/c1-16(17-14-25(2,30)15-17)29-12-11-28-24(27)23(29)22(26)20-10-9-19(13-21(20)31-3)32-18-7-5-4-6-8-18/h4-13,17,30H,1,14-15,26H2,2-3H3,(H2,27,28)/b23-22-. The molecule has 0 saturated heterocycles. The van der Waals surface area contributed by atoms with Gasteiger partial charge >= 0.3 is 0 Å². The molecule has 1 heterocycles. The maximum absolute atomic E-state index is 10.1. The maximum atomic E-state index is 10.1. The van der Waals surface area contributed by atoms with E-state index in [1.807, 2.05) is 54.3 Å². The van der Waals surface area contributed by atoms with E-state index in [0.29, 0.717) is 41.3 Å². The van der Waals surface area contributed by atoms with Gasteiger partial charge in [-0.15, -0.1) is 0 Å². The predicted molar refractivity (Wildman–Crippen MR) is 126 cm³/mol. The van der Waals surface area contributed by atoms with Crippen LogP contribution in [0.25, 0.3) is 5.70 Å². The highest BCUT2D eigenvalue weighted by molar-refractivity contribution is 6.04. The minimum absolute atomic E-state index is 0.131. The molecular formula is C25H28N4O3. The molecule has 0 aromatic heterocycles. The third-order valence-electron chi connectivity index (χ3n) is 5.76. The first kappa shape index (κ1) is 21.5. The number of nitrogens with zero attached hydrogens (tertiary/aromatic N) is 2. The molecule has 0 bridgehead atoms. The van der Waals surface area contributed by atoms with Crippen LogP contribution >= 0.6 is 0 Å². The minimum Gasteiger partial charge on any atom is -0.496 e. The summed E-state index contributed by atoms with van der Waals surface area (Å²) in [6.07, 6.45) is 4.67. The number of para-hydroxylation sites is 1. The second kappa shape index (κ2) is 8.43. The molecule has 0 atom stereocenters. The number of methoxy groups -OCH3 is 1. The van der Waals surface area contributed by atoms with Gasteiger partial charge in [0.25, 0.3) is 0 Å². The Balaban J connectivity index is 1.67. The molecule has 2 aromatic rings. The number of ether oxygens (including phenoxy) is 2. The lowest BCUT2D eigenvalue weighted by atomic mass is 9.70. The molecule has 0 radical (unpaired) electrons.